The fourth-order valence-corrected chi connectivity index (χ4v) is 3.83. The first-order chi connectivity index (χ1) is 13.6. The van der Waals surface area contributed by atoms with Gasteiger partial charge in [-0.1, -0.05) is 24.8 Å². The van der Waals surface area contributed by atoms with E-state index in [-0.39, 0.29) is 5.89 Å². The van der Waals surface area contributed by atoms with Gasteiger partial charge in [0.1, 0.15) is 5.82 Å². The van der Waals surface area contributed by atoms with Crippen molar-refractivity contribution in [3.05, 3.63) is 58.5 Å². The van der Waals surface area contributed by atoms with E-state index in [4.69, 9.17) is 4.42 Å². The molecule has 0 bridgehead atoms. The van der Waals surface area contributed by atoms with Crippen molar-refractivity contribution >= 4 is 23.2 Å². The Morgan fingerprint density at radius 2 is 2.07 bits per heavy atom. The van der Waals surface area contributed by atoms with Gasteiger partial charge in [-0.15, -0.1) is 0 Å². The van der Waals surface area contributed by atoms with Gasteiger partial charge in [-0.05, 0) is 44.0 Å². The molecule has 146 valence electrons. The molecule has 2 fully saturated rings. The highest BCUT2D eigenvalue weighted by Crippen LogP contribution is 2.30. The molecule has 28 heavy (non-hydrogen) atoms. The van der Waals surface area contributed by atoms with Crippen molar-refractivity contribution in [1.82, 2.24) is 14.8 Å². The number of piperazine rings is 1. The van der Waals surface area contributed by atoms with Gasteiger partial charge in [0.25, 0.3) is 0 Å². The molecule has 0 amide bonds. The van der Waals surface area contributed by atoms with Crippen molar-refractivity contribution in [3.8, 4) is 0 Å². The third-order valence-corrected chi connectivity index (χ3v) is 5.58. The van der Waals surface area contributed by atoms with Crippen molar-refractivity contribution in [2.45, 2.75) is 19.8 Å². The number of aryl methyl sites for hydroxylation is 1. The van der Waals surface area contributed by atoms with Gasteiger partial charge in [0, 0.05) is 32.7 Å². The van der Waals surface area contributed by atoms with E-state index in [2.05, 4.69) is 33.1 Å². The lowest BCUT2D eigenvalue weighted by molar-refractivity contribution is 0.153. The first kappa shape index (κ1) is 18.6. The SMILES string of the molecule is C=C/C(=C(\N=C)N1CCN(CC2CC2)CC1)c1nc2cccc(C)c2c(=O)o1. The van der Waals surface area contributed by atoms with E-state index >= 15 is 0 Å². The Balaban J connectivity index is 1.66. The van der Waals surface area contributed by atoms with Gasteiger partial charge in [0.05, 0.1) is 16.5 Å². The smallest absolute Gasteiger partial charge is 0.347 e. The first-order valence-corrected chi connectivity index (χ1v) is 9.82. The summed E-state index contributed by atoms with van der Waals surface area (Å²) in [5.41, 5.74) is 1.67. The lowest BCUT2D eigenvalue weighted by Crippen LogP contribution is -2.46. The lowest BCUT2D eigenvalue weighted by atomic mass is 10.1. The molecule has 0 spiro atoms. The molecular weight excluding hydrogens is 352 g/mol. The Hall–Kier alpha value is -2.73. The number of aliphatic imine (C=N–C) groups is 1. The molecule has 2 aliphatic rings. The highest BCUT2D eigenvalue weighted by Gasteiger charge is 2.27. The number of aromatic nitrogens is 1. The van der Waals surface area contributed by atoms with Gasteiger partial charge < -0.3 is 9.32 Å². The highest BCUT2D eigenvalue weighted by molar-refractivity contribution is 5.82. The Morgan fingerprint density at radius 3 is 2.71 bits per heavy atom. The third kappa shape index (κ3) is 3.64. The second kappa shape index (κ2) is 7.72. The van der Waals surface area contributed by atoms with Crippen molar-refractivity contribution in [3.63, 3.8) is 0 Å². The van der Waals surface area contributed by atoms with Crippen LogP contribution < -0.4 is 5.63 Å². The molecule has 0 unspecified atom stereocenters. The number of rotatable bonds is 6. The molecule has 1 aromatic carbocycles. The first-order valence-electron chi connectivity index (χ1n) is 9.82. The topological polar surface area (TPSA) is 61.9 Å². The van der Waals surface area contributed by atoms with Crippen LogP contribution in [-0.4, -0.2) is 54.2 Å². The minimum absolute atomic E-state index is 0.237. The zero-order chi connectivity index (χ0) is 19.7. The van der Waals surface area contributed by atoms with Crippen LogP contribution in [0.1, 0.15) is 24.3 Å². The number of hydrogen-bond donors (Lipinski definition) is 0. The zero-order valence-electron chi connectivity index (χ0n) is 16.4. The maximum atomic E-state index is 12.5. The summed E-state index contributed by atoms with van der Waals surface area (Å²) in [4.78, 5) is 26.1. The molecule has 0 atom stereocenters. The largest absolute Gasteiger partial charge is 0.403 e. The number of allylic oxidation sites excluding steroid dienone is 2. The Bertz CT molecular complexity index is 995. The van der Waals surface area contributed by atoms with Crippen LogP contribution in [0.4, 0.5) is 0 Å². The molecule has 1 aliphatic heterocycles. The number of benzene rings is 1. The van der Waals surface area contributed by atoms with Crippen LogP contribution in [0.3, 0.4) is 0 Å². The Labute approximate surface area is 164 Å². The number of hydrogen-bond acceptors (Lipinski definition) is 6. The molecule has 2 aromatic rings. The van der Waals surface area contributed by atoms with Crippen molar-refractivity contribution in [2.24, 2.45) is 10.9 Å². The molecule has 6 heteroatoms. The van der Waals surface area contributed by atoms with Gasteiger partial charge in [-0.25, -0.2) is 14.8 Å². The van der Waals surface area contributed by atoms with Crippen molar-refractivity contribution in [2.75, 3.05) is 32.7 Å². The second-order valence-electron chi connectivity index (χ2n) is 7.61. The molecule has 1 saturated heterocycles. The molecule has 0 N–H and O–H groups in total. The van der Waals surface area contributed by atoms with E-state index < -0.39 is 5.63 Å². The molecule has 0 radical (unpaired) electrons. The van der Waals surface area contributed by atoms with Crippen LogP contribution in [-0.2, 0) is 0 Å². The quantitative estimate of drug-likeness (QED) is 0.571. The molecule has 1 aromatic heterocycles. The van der Waals surface area contributed by atoms with Crippen LogP contribution in [0.25, 0.3) is 16.5 Å². The maximum absolute atomic E-state index is 12.5. The zero-order valence-corrected chi connectivity index (χ0v) is 16.4. The maximum Gasteiger partial charge on any atom is 0.347 e. The molecule has 4 rings (SSSR count). The summed E-state index contributed by atoms with van der Waals surface area (Å²) in [6.07, 6.45) is 4.38. The average molecular weight is 378 g/mol. The molecule has 2 heterocycles. The lowest BCUT2D eigenvalue weighted by Gasteiger charge is -2.36. The number of nitrogens with zero attached hydrogens (tertiary/aromatic N) is 4. The highest BCUT2D eigenvalue weighted by atomic mass is 16.4. The summed E-state index contributed by atoms with van der Waals surface area (Å²) < 4.78 is 5.56. The van der Waals surface area contributed by atoms with Crippen LogP contribution in [0.2, 0.25) is 0 Å². The monoisotopic (exact) mass is 378 g/mol. The van der Waals surface area contributed by atoms with Crippen LogP contribution in [0, 0.1) is 12.8 Å². The van der Waals surface area contributed by atoms with Gasteiger partial charge in [-0.3, -0.25) is 4.90 Å². The summed E-state index contributed by atoms with van der Waals surface area (Å²) in [5, 5.41) is 0.511. The Kier molecular flexibility index (Phi) is 5.13. The summed E-state index contributed by atoms with van der Waals surface area (Å²) >= 11 is 0. The predicted octanol–water partition coefficient (Wildman–Crippen LogP) is 3.08. The summed E-state index contributed by atoms with van der Waals surface area (Å²) in [6, 6.07) is 5.58. The Morgan fingerprint density at radius 1 is 1.32 bits per heavy atom. The summed E-state index contributed by atoms with van der Waals surface area (Å²) in [5.74, 6) is 1.80. The minimum Gasteiger partial charge on any atom is -0.403 e. The normalized spacial score (nSPS) is 18.8. The van der Waals surface area contributed by atoms with Crippen LogP contribution >= 0.6 is 0 Å². The summed E-state index contributed by atoms with van der Waals surface area (Å²) in [6.45, 7) is 14.4. The summed E-state index contributed by atoms with van der Waals surface area (Å²) in [7, 11) is 0. The van der Waals surface area contributed by atoms with Gasteiger partial charge in [0.2, 0.25) is 5.89 Å². The second-order valence-corrected chi connectivity index (χ2v) is 7.61. The van der Waals surface area contributed by atoms with Crippen LogP contribution in [0.15, 0.2) is 50.9 Å². The van der Waals surface area contributed by atoms with Crippen LogP contribution in [0.5, 0.6) is 0 Å². The van der Waals surface area contributed by atoms with Gasteiger partial charge in [0.15, 0.2) is 0 Å². The fraction of sp³-hybridized carbons (Fsp3) is 0.409. The van der Waals surface area contributed by atoms with E-state index in [1.807, 2.05) is 25.1 Å². The molecular formula is C22H26N4O2. The molecule has 6 nitrogen and oxygen atoms in total. The third-order valence-electron chi connectivity index (χ3n) is 5.58. The van der Waals surface area contributed by atoms with E-state index in [1.165, 1.54) is 19.4 Å². The molecule has 1 aliphatic carbocycles. The van der Waals surface area contributed by atoms with Crippen molar-refractivity contribution in [1.29, 1.82) is 0 Å². The minimum atomic E-state index is -0.393. The predicted molar refractivity (Wildman–Crippen MR) is 112 cm³/mol. The number of fused-ring (bicyclic) bond motifs is 1. The van der Waals surface area contributed by atoms with E-state index in [0.29, 0.717) is 22.3 Å². The fourth-order valence-electron chi connectivity index (χ4n) is 3.83. The molecule has 1 saturated carbocycles. The van der Waals surface area contributed by atoms with Crippen molar-refractivity contribution < 1.29 is 4.42 Å². The standard InChI is InChI=1S/C22H26N4O2/c1-4-17(21-24-18-7-5-6-15(2)19(18)22(27)28-21)20(23-3)26-12-10-25(11-13-26)14-16-8-9-16/h4-7,16H,1,3,8-14H2,2H3/b20-17-. The van der Waals surface area contributed by atoms with Gasteiger partial charge >= 0.3 is 5.63 Å². The average Bonchev–Trinajstić information content (AvgIpc) is 3.50. The van der Waals surface area contributed by atoms with E-state index in [0.717, 1.165) is 37.7 Å². The van der Waals surface area contributed by atoms with Gasteiger partial charge in [-0.2, -0.15) is 0 Å². The van der Waals surface area contributed by atoms with E-state index in [9.17, 15) is 4.79 Å². The van der Waals surface area contributed by atoms with E-state index in [1.54, 1.807) is 6.08 Å².